The highest BCUT2D eigenvalue weighted by Crippen LogP contribution is 2.25. The number of likely N-dealkylation sites (tertiary alicyclic amines) is 1. The molecule has 0 aliphatic carbocycles. The fourth-order valence-electron chi connectivity index (χ4n) is 3.32. The number of ether oxygens (including phenoxy) is 1. The van der Waals surface area contributed by atoms with Crippen LogP contribution < -0.4 is 0 Å². The van der Waals surface area contributed by atoms with Gasteiger partial charge in [0.15, 0.2) is 0 Å². The molecule has 6 heteroatoms. The van der Waals surface area contributed by atoms with E-state index in [0.717, 1.165) is 16.5 Å². The van der Waals surface area contributed by atoms with Gasteiger partial charge >= 0.3 is 5.97 Å². The van der Waals surface area contributed by atoms with Crippen molar-refractivity contribution < 1.29 is 19.4 Å². The van der Waals surface area contributed by atoms with Crippen LogP contribution in [0.25, 0.3) is 10.9 Å². The first-order chi connectivity index (χ1) is 11.6. The van der Waals surface area contributed by atoms with E-state index in [1.807, 2.05) is 30.3 Å². The van der Waals surface area contributed by atoms with Crippen molar-refractivity contribution in [3.05, 3.63) is 42.1 Å². The summed E-state index contributed by atoms with van der Waals surface area (Å²) in [5, 5.41) is 10.1. The molecule has 1 saturated heterocycles. The number of hydrogen-bond acceptors (Lipinski definition) is 4. The monoisotopic (exact) mass is 328 g/mol. The molecular weight excluding hydrogens is 308 g/mol. The van der Waals surface area contributed by atoms with Crippen LogP contribution in [0.15, 0.2) is 36.5 Å². The summed E-state index contributed by atoms with van der Waals surface area (Å²) in [6.45, 7) is 0.436. The lowest BCUT2D eigenvalue weighted by molar-refractivity contribution is -0.139. The number of rotatable bonds is 5. The zero-order valence-corrected chi connectivity index (χ0v) is 13.5. The number of hydrogen-bond donors (Lipinski definition) is 1. The zero-order valence-electron chi connectivity index (χ0n) is 13.5. The van der Waals surface area contributed by atoms with Crippen molar-refractivity contribution in [3.8, 4) is 0 Å². The van der Waals surface area contributed by atoms with Crippen molar-refractivity contribution in [1.82, 2.24) is 9.88 Å². The molecular formula is C18H20N2O4. The molecule has 1 amide bonds. The topological polar surface area (TPSA) is 79.7 Å². The van der Waals surface area contributed by atoms with E-state index < -0.39 is 5.97 Å². The average Bonchev–Trinajstić information content (AvgIpc) is 2.97. The lowest BCUT2D eigenvalue weighted by Crippen LogP contribution is -2.38. The van der Waals surface area contributed by atoms with E-state index in [-0.39, 0.29) is 30.9 Å². The number of carbonyl (C=O) groups is 2. The van der Waals surface area contributed by atoms with Crippen molar-refractivity contribution in [3.63, 3.8) is 0 Å². The van der Waals surface area contributed by atoms with Gasteiger partial charge in [0, 0.05) is 31.3 Å². The predicted octanol–water partition coefficient (Wildman–Crippen LogP) is 1.87. The molecule has 0 spiro atoms. The Morgan fingerprint density at radius 3 is 2.88 bits per heavy atom. The highest BCUT2D eigenvalue weighted by atomic mass is 16.5. The van der Waals surface area contributed by atoms with E-state index in [9.17, 15) is 9.59 Å². The summed E-state index contributed by atoms with van der Waals surface area (Å²) in [4.78, 5) is 29.8. The number of amides is 1. The van der Waals surface area contributed by atoms with E-state index >= 15 is 0 Å². The Kier molecular flexibility index (Phi) is 4.76. The van der Waals surface area contributed by atoms with Crippen molar-refractivity contribution in [2.24, 2.45) is 0 Å². The van der Waals surface area contributed by atoms with Gasteiger partial charge < -0.3 is 14.7 Å². The van der Waals surface area contributed by atoms with Gasteiger partial charge in [0.2, 0.25) is 5.91 Å². The van der Waals surface area contributed by atoms with Gasteiger partial charge in [0.05, 0.1) is 24.5 Å². The van der Waals surface area contributed by atoms with Crippen molar-refractivity contribution in [2.45, 2.75) is 31.4 Å². The molecule has 1 fully saturated rings. The first-order valence-electron chi connectivity index (χ1n) is 7.95. The molecule has 0 radical (unpaired) electrons. The van der Waals surface area contributed by atoms with Gasteiger partial charge in [-0.25, -0.2) is 0 Å². The van der Waals surface area contributed by atoms with Crippen LogP contribution in [-0.4, -0.2) is 52.7 Å². The first-order valence-corrected chi connectivity index (χ1v) is 7.95. The summed E-state index contributed by atoms with van der Waals surface area (Å²) in [6.07, 6.45) is 2.31. The molecule has 2 aromatic rings. The van der Waals surface area contributed by atoms with Crippen LogP contribution in [0.1, 0.15) is 18.4 Å². The SMILES string of the molecule is CO[C@@H]1C[C@H](CC(=O)O)N(C(=O)Cc2cccc3cccnc23)C1. The number of fused-ring (bicyclic) bond motifs is 1. The smallest absolute Gasteiger partial charge is 0.305 e. The number of nitrogens with zero attached hydrogens (tertiary/aromatic N) is 2. The minimum Gasteiger partial charge on any atom is -0.481 e. The van der Waals surface area contributed by atoms with Crippen LogP contribution in [0.5, 0.6) is 0 Å². The summed E-state index contributed by atoms with van der Waals surface area (Å²) in [5.74, 6) is -0.986. The van der Waals surface area contributed by atoms with Crippen LogP contribution in [0, 0.1) is 0 Å². The van der Waals surface area contributed by atoms with Gasteiger partial charge in [-0.3, -0.25) is 14.6 Å². The number of carboxylic acid groups (broad SMARTS) is 1. The molecule has 1 aliphatic heterocycles. The molecule has 1 aromatic carbocycles. The second kappa shape index (κ2) is 6.97. The van der Waals surface area contributed by atoms with Crippen LogP contribution in [0.3, 0.4) is 0 Å². The van der Waals surface area contributed by atoms with Crippen molar-refractivity contribution in [2.75, 3.05) is 13.7 Å². The summed E-state index contributed by atoms with van der Waals surface area (Å²) < 4.78 is 5.32. The van der Waals surface area contributed by atoms with Crippen molar-refractivity contribution in [1.29, 1.82) is 0 Å². The number of methoxy groups -OCH3 is 1. The lowest BCUT2D eigenvalue weighted by atomic mass is 10.1. The molecule has 2 atom stereocenters. The number of aromatic nitrogens is 1. The highest BCUT2D eigenvalue weighted by molar-refractivity contribution is 5.88. The standard InChI is InChI=1S/C18H20N2O4/c1-24-15-9-14(10-17(22)23)20(11-15)16(21)8-13-5-2-4-12-6-3-7-19-18(12)13/h2-7,14-15H,8-11H2,1H3,(H,22,23)/t14-,15-/m1/s1. The molecule has 0 unspecified atom stereocenters. The second-order valence-corrected chi connectivity index (χ2v) is 6.06. The Hall–Kier alpha value is -2.47. The third-order valence-corrected chi connectivity index (χ3v) is 4.50. The Balaban J connectivity index is 1.81. The number of pyridine rings is 1. The van der Waals surface area contributed by atoms with Gasteiger partial charge in [-0.15, -0.1) is 0 Å². The van der Waals surface area contributed by atoms with Gasteiger partial charge in [-0.2, -0.15) is 0 Å². The van der Waals surface area contributed by atoms with Crippen LogP contribution >= 0.6 is 0 Å². The number of carboxylic acids is 1. The normalized spacial score (nSPS) is 20.5. The molecule has 24 heavy (non-hydrogen) atoms. The molecule has 1 aromatic heterocycles. The quantitative estimate of drug-likeness (QED) is 0.906. The van der Waals surface area contributed by atoms with E-state index in [4.69, 9.17) is 9.84 Å². The number of carbonyl (C=O) groups excluding carboxylic acids is 1. The van der Waals surface area contributed by atoms with Crippen molar-refractivity contribution >= 4 is 22.8 Å². The van der Waals surface area contributed by atoms with Crippen LogP contribution in [0.4, 0.5) is 0 Å². The van der Waals surface area contributed by atoms with Crippen LogP contribution in [0.2, 0.25) is 0 Å². The molecule has 1 N–H and O–H groups in total. The summed E-state index contributed by atoms with van der Waals surface area (Å²) in [6, 6.07) is 9.26. The van der Waals surface area contributed by atoms with E-state index in [0.29, 0.717) is 13.0 Å². The maximum atomic E-state index is 12.8. The minimum absolute atomic E-state index is 0.0562. The lowest BCUT2D eigenvalue weighted by Gasteiger charge is -2.23. The fourth-order valence-corrected chi connectivity index (χ4v) is 3.32. The van der Waals surface area contributed by atoms with E-state index in [1.165, 1.54) is 0 Å². The summed E-state index contributed by atoms with van der Waals surface area (Å²) in [5.41, 5.74) is 1.67. The Bertz CT molecular complexity index is 756. The molecule has 3 rings (SSSR count). The van der Waals surface area contributed by atoms with Crippen LogP contribution in [-0.2, 0) is 20.7 Å². The summed E-state index contributed by atoms with van der Waals surface area (Å²) >= 11 is 0. The van der Waals surface area contributed by atoms with E-state index in [2.05, 4.69) is 4.98 Å². The molecule has 1 aliphatic rings. The Labute approximate surface area is 140 Å². The zero-order chi connectivity index (χ0) is 17.1. The highest BCUT2D eigenvalue weighted by Gasteiger charge is 2.36. The van der Waals surface area contributed by atoms with Gasteiger partial charge in [0.25, 0.3) is 0 Å². The maximum absolute atomic E-state index is 12.8. The third-order valence-electron chi connectivity index (χ3n) is 4.50. The largest absolute Gasteiger partial charge is 0.481 e. The second-order valence-electron chi connectivity index (χ2n) is 6.06. The molecule has 6 nitrogen and oxygen atoms in total. The maximum Gasteiger partial charge on any atom is 0.305 e. The Morgan fingerprint density at radius 1 is 1.33 bits per heavy atom. The number of aliphatic carboxylic acids is 1. The predicted molar refractivity (Wildman–Crippen MR) is 88.6 cm³/mol. The summed E-state index contributed by atoms with van der Waals surface area (Å²) in [7, 11) is 1.59. The molecule has 126 valence electrons. The molecule has 0 bridgehead atoms. The number of para-hydroxylation sites is 1. The Morgan fingerprint density at radius 2 is 2.12 bits per heavy atom. The average molecular weight is 328 g/mol. The third kappa shape index (κ3) is 3.38. The van der Waals surface area contributed by atoms with Gasteiger partial charge in [-0.1, -0.05) is 24.3 Å². The fraction of sp³-hybridized carbons (Fsp3) is 0.389. The van der Waals surface area contributed by atoms with Gasteiger partial charge in [-0.05, 0) is 18.1 Å². The first kappa shape index (κ1) is 16.4. The molecule has 2 heterocycles. The minimum atomic E-state index is -0.901. The van der Waals surface area contributed by atoms with Gasteiger partial charge in [0.1, 0.15) is 0 Å². The number of benzene rings is 1. The van der Waals surface area contributed by atoms with E-state index in [1.54, 1.807) is 18.2 Å². The molecule has 0 saturated carbocycles.